The Kier molecular flexibility index (Phi) is 13.8. The van der Waals surface area contributed by atoms with E-state index in [1.807, 2.05) is 89.8 Å². The van der Waals surface area contributed by atoms with Gasteiger partial charge in [-0.2, -0.15) is 0 Å². The number of aliphatic hydroxyl groups excluding tert-OH is 1. The first-order valence-corrected chi connectivity index (χ1v) is 22.7. The zero-order chi connectivity index (χ0) is 47.9. The van der Waals surface area contributed by atoms with Crippen LogP contribution in [0.15, 0.2) is 152 Å². The number of para-hydroxylation sites is 1. The van der Waals surface area contributed by atoms with Gasteiger partial charge in [0.25, 0.3) is 0 Å². The summed E-state index contributed by atoms with van der Waals surface area (Å²) in [6.07, 6.45) is 0.0551. The molecule has 350 valence electrons. The van der Waals surface area contributed by atoms with E-state index >= 15 is 14.4 Å². The number of aliphatic hydroxyl groups is 1. The minimum absolute atomic E-state index is 0.0481. The molecule has 4 heterocycles. The molecule has 14 nitrogen and oxygen atoms in total. The van der Waals surface area contributed by atoms with Crippen molar-refractivity contribution in [2.45, 2.75) is 36.1 Å². The van der Waals surface area contributed by atoms with Crippen molar-refractivity contribution in [2.75, 3.05) is 52.1 Å². The molecule has 2 saturated heterocycles. The van der Waals surface area contributed by atoms with Gasteiger partial charge in [-0.1, -0.05) is 96.8 Å². The maximum Gasteiger partial charge on any atom is 0.421 e. The van der Waals surface area contributed by atoms with Crippen molar-refractivity contribution in [3.8, 4) is 23.3 Å². The number of cyclic esters (lactones) is 1. The first kappa shape index (κ1) is 46.3. The number of carbonyl (C=O) groups is 4. The highest BCUT2D eigenvalue weighted by Gasteiger charge is 2.76. The molecule has 9 rings (SSSR count). The van der Waals surface area contributed by atoms with Gasteiger partial charge in [-0.25, -0.2) is 9.69 Å². The zero-order valence-electron chi connectivity index (χ0n) is 38.0. The Balaban J connectivity index is 1.34. The Morgan fingerprint density at radius 3 is 2.19 bits per heavy atom. The van der Waals surface area contributed by atoms with Crippen LogP contribution < -0.4 is 19.7 Å². The summed E-state index contributed by atoms with van der Waals surface area (Å²) in [5.74, 6) is 3.65. The van der Waals surface area contributed by atoms with Crippen molar-refractivity contribution in [1.82, 2.24) is 15.2 Å². The van der Waals surface area contributed by atoms with Gasteiger partial charge in [0, 0.05) is 48.7 Å². The molecular weight excluding hydrogens is 877 g/mol. The third kappa shape index (κ3) is 8.79. The SMILES string of the molecule is COCCOC(=O)N1C(=O)[C@@]2(c3cc(C#Cc4ccc(OC)cc4)ccc31)[C@H](C(=O)NCCc1ccccn1)[C@H]1C(=O)O[C@H](c3ccccc3)[C@H](c3ccccc3)N1[C@@H]2c1ccccc1OCCO. The summed E-state index contributed by atoms with van der Waals surface area (Å²) in [6, 6.07) is 40.1. The fraction of sp³-hybridized carbons (Fsp3) is 0.255. The van der Waals surface area contributed by atoms with E-state index in [4.69, 9.17) is 23.7 Å². The van der Waals surface area contributed by atoms with Crippen molar-refractivity contribution in [2.24, 2.45) is 5.92 Å². The Morgan fingerprint density at radius 2 is 1.48 bits per heavy atom. The number of amides is 3. The van der Waals surface area contributed by atoms with Gasteiger partial charge in [0.2, 0.25) is 11.8 Å². The second-order valence-electron chi connectivity index (χ2n) is 16.7. The highest BCUT2D eigenvalue weighted by Crippen LogP contribution is 2.66. The highest BCUT2D eigenvalue weighted by molar-refractivity contribution is 6.23. The van der Waals surface area contributed by atoms with E-state index in [0.717, 1.165) is 10.5 Å². The first-order chi connectivity index (χ1) is 33.8. The van der Waals surface area contributed by atoms with Gasteiger partial charge in [0.1, 0.15) is 42.3 Å². The molecule has 0 saturated carbocycles. The van der Waals surface area contributed by atoms with Gasteiger partial charge < -0.3 is 34.1 Å². The Morgan fingerprint density at radius 1 is 0.783 bits per heavy atom. The molecule has 6 atom stereocenters. The molecule has 3 aliphatic heterocycles. The van der Waals surface area contributed by atoms with E-state index in [-0.39, 0.29) is 44.2 Å². The number of hydrogen-bond acceptors (Lipinski definition) is 12. The van der Waals surface area contributed by atoms with Crippen molar-refractivity contribution >= 4 is 29.6 Å². The largest absolute Gasteiger partial charge is 0.497 e. The molecule has 14 heteroatoms. The van der Waals surface area contributed by atoms with Crippen LogP contribution >= 0.6 is 0 Å². The summed E-state index contributed by atoms with van der Waals surface area (Å²) in [6.45, 7) is -0.473. The topological polar surface area (TPSA) is 166 Å². The summed E-state index contributed by atoms with van der Waals surface area (Å²) in [7, 11) is 3.04. The maximum atomic E-state index is 16.5. The number of benzene rings is 5. The van der Waals surface area contributed by atoms with Crippen LogP contribution in [-0.2, 0) is 40.4 Å². The minimum Gasteiger partial charge on any atom is -0.497 e. The normalized spacial score (nSPS) is 21.4. The predicted octanol–water partition coefficient (Wildman–Crippen LogP) is 6.67. The van der Waals surface area contributed by atoms with Gasteiger partial charge >= 0.3 is 12.1 Å². The fourth-order valence-corrected chi connectivity index (χ4v) is 9.99. The van der Waals surface area contributed by atoms with E-state index < -0.39 is 59.4 Å². The van der Waals surface area contributed by atoms with E-state index in [1.54, 1.807) is 74.0 Å². The molecule has 0 aliphatic carbocycles. The maximum absolute atomic E-state index is 16.5. The number of nitrogens with zero attached hydrogens (tertiary/aromatic N) is 3. The van der Waals surface area contributed by atoms with Gasteiger partial charge in [-0.15, -0.1) is 0 Å². The van der Waals surface area contributed by atoms with Gasteiger partial charge in [0.15, 0.2) is 0 Å². The van der Waals surface area contributed by atoms with Crippen molar-refractivity contribution in [3.05, 3.63) is 191 Å². The van der Waals surface area contributed by atoms with Crippen LogP contribution in [0.1, 0.15) is 57.3 Å². The molecule has 69 heavy (non-hydrogen) atoms. The first-order valence-electron chi connectivity index (χ1n) is 22.7. The molecule has 3 aliphatic rings. The Bertz CT molecular complexity index is 2870. The third-order valence-electron chi connectivity index (χ3n) is 12.8. The lowest BCUT2D eigenvalue weighted by Crippen LogP contribution is -2.56. The number of imide groups is 1. The lowest BCUT2D eigenvalue weighted by molar-refractivity contribution is -0.178. The molecule has 3 amide bonds. The molecule has 2 N–H and O–H groups in total. The van der Waals surface area contributed by atoms with Crippen LogP contribution in [0.25, 0.3) is 0 Å². The molecule has 1 aromatic heterocycles. The standard InChI is InChI=1S/C55H50N4O10/c1-65-33-34-68-54(64)58-44-27-24-37(21-20-36-22-25-41(66-2)26-23-36)35-43(44)55(53(58)63)46(51(61)57-30-28-40-17-11-12-29-56-40)48-52(62)69-49(39-15-7-4-8-16-39)47(38-13-5-3-6-14-38)59(48)50(55)42-18-9-10-19-45(42)67-32-31-60/h3-19,22-27,29,35,46-50,60H,28,30-34H2,1-2H3,(H,57,61)/t46-,47-,48-,49+,50+,55-/m0/s1. The molecule has 1 spiro atoms. The summed E-state index contributed by atoms with van der Waals surface area (Å²) in [4.78, 5) is 69.5. The number of pyridine rings is 1. The second-order valence-corrected chi connectivity index (χ2v) is 16.7. The predicted molar refractivity (Wildman–Crippen MR) is 254 cm³/mol. The van der Waals surface area contributed by atoms with Gasteiger partial charge in [-0.3, -0.25) is 24.3 Å². The number of ether oxygens (including phenoxy) is 5. The second kappa shape index (κ2) is 20.6. The lowest BCUT2D eigenvalue weighted by Gasteiger charge is -2.46. The fourth-order valence-electron chi connectivity index (χ4n) is 9.99. The van der Waals surface area contributed by atoms with Crippen LogP contribution in [0.4, 0.5) is 10.5 Å². The number of carbonyl (C=O) groups excluding carboxylic acids is 4. The number of esters is 1. The monoisotopic (exact) mass is 926 g/mol. The summed E-state index contributed by atoms with van der Waals surface area (Å²) < 4.78 is 29.2. The van der Waals surface area contributed by atoms with E-state index in [9.17, 15) is 9.90 Å². The van der Waals surface area contributed by atoms with Crippen LogP contribution in [0.3, 0.4) is 0 Å². The summed E-state index contributed by atoms with van der Waals surface area (Å²) >= 11 is 0. The Labute approximate surface area is 399 Å². The smallest absolute Gasteiger partial charge is 0.421 e. The average molecular weight is 927 g/mol. The quantitative estimate of drug-likeness (QED) is 0.0679. The molecule has 5 aromatic carbocycles. The van der Waals surface area contributed by atoms with Crippen LogP contribution in [0.2, 0.25) is 0 Å². The van der Waals surface area contributed by atoms with Crippen molar-refractivity contribution in [1.29, 1.82) is 0 Å². The molecule has 0 radical (unpaired) electrons. The minimum atomic E-state index is -2.09. The molecule has 2 fully saturated rings. The number of rotatable bonds is 14. The molecule has 6 aromatic rings. The Hall–Kier alpha value is -7.83. The number of hydrogen-bond donors (Lipinski definition) is 2. The van der Waals surface area contributed by atoms with E-state index in [2.05, 4.69) is 22.1 Å². The average Bonchev–Trinajstić information content (AvgIpc) is 3.84. The molecular formula is C55H50N4O10. The molecule has 0 unspecified atom stereocenters. The van der Waals surface area contributed by atoms with E-state index in [1.165, 1.54) is 7.11 Å². The number of nitrogens with one attached hydrogen (secondary N) is 1. The van der Waals surface area contributed by atoms with Crippen LogP contribution in [-0.4, -0.2) is 92.1 Å². The summed E-state index contributed by atoms with van der Waals surface area (Å²) in [5.41, 5.74) is 2.00. The number of anilines is 1. The van der Waals surface area contributed by atoms with Gasteiger partial charge in [0.05, 0.1) is 44.0 Å². The van der Waals surface area contributed by atoms with Crippen molar-refractivity contribution < 1.29 is 48.0 Å². The number of fused-ring (bicyclic) bond motifs is 3. The van der Waals surface area contributed by atoms with Crippen LogP contribution in [0.5, 0.6) is 11.5 Å². The van der Waals surface area contributed by atoms with Gasteiger partial charge in [-0.05, 0) is 77.4 Å². The number of morpholine rings is 1. The number of methoxy groups -OCH3 is 2. The van der Waals surface area contributed by atoms with Crippen molar-refractivity contribution in [3.63, 3.8) is 0 Å². The van der Waals surface area contributed by atoms with Crippen LogP contribution in [0, 0.1) is 17.8 Å². The number of aromatic nitrogens is 1. The molecule has 0 bridgehead atoms. The third-order valence-corrected chi connectivity index (χ3v) is 12.8. The highest BCUT2D eigenvalue weighted by atomic mass is 16.6. The zero-order valence-corrected chi connectivity index (χ0v) is 38.0. The summed E-state index contributed by atoms with van der Waals surface area (Å²) in [5, 5.41) is 13.2. The lowest BCUT2D eigenvalue weighted by atomic mass is 9.65. The van der Waals surface area contributed by atoms with E-state index in [0.29, 0.717) is 45.9 Å².